The van der Waals surface area contributed by atoms with Crippen molar-refractivity contribution in [2.45, 2.75) is 43.8 Å². The third-order valence-corrected chi connectivity index (χ3v) is 5.95. The van der Waals surface area contributed by atoms with Gasteiger partial charge in [0.05, 0.1) is 18.7 Å². The Kier molecular flexibility index (Phi) is 7.34. The number of aliphatic carboxylic acids is 1. The average molecular weight is 460 g/mol. The number of halogens is 3. The van der Waals surface area contributed by atoms with Crippen LogP contribution in [-0.2, 0) is 23.1 Å². The summed E-state index contributed by atoms with van der Waals surface area (Å²) in [6.07, 6.45) is 0.918. The number of aryl methyl sites for hydroxylation is 1. The van der Waals surface area contributed by atoms with Crippen molar-refractivity contribution in [3.8, 4) is 0 Å². The Hall–Kier alpha value is -2.44. The summed E-state index contributed by atoms with van der Waals surface area (Å²) in [7, 11) is 1.89. The number of amides is 1. The number of thiazole rings is 1. The number of aromatic nitrogens is 2. The fourth-order valence-corrected chi connectivity index (χ4v) is 4.45. The normalized spacial score (nSPS) is 23.5. The van der Waals surface area contributed by atoms with Gasteiger partial charge < -0.3 is 19.7 Å². The molecule has 2 aliphatic heterocycles. The maximum atomic E-state index is 12.6. The molecule has 2 saturated heterocycles. The van der Waals surface area contributed by atoms with Crippen LogP contribution < -0.4 is 5.32 Å². The van der Waals surface area contributed by atoms with E-state index in [0.29, 0.717) is 11.7 Å². The molecule has 0 radical (unpaired) electrons. The smallest absolute Gasteiger partial charge is 0.475 e. The third-order valence-electron chi connectivity index (χ3n) is 5.19. The van der Waals surface area contributed by atoms with Crippen LogP contribution in [0.15, 0.2) is 29.9 Å². The van der Waals surface area contributed by atoms with Crippen molar-refractivity contribution in [2.75, 3.05) is 13.2 Å². The summed E-state index contributed by atoms with van der Waals surface area (Å²) in [5.41, 5.74) is 0.681. The molecular formula is C19H23F3N4O4S. The zero-order chi connectivity index (χ0) is 22.6. The highest BCUT2D eigenvalue weighted by Gasteiger charge is 2.44. The lowest BCUT2D eigenvalue weighted by Gasteiger charge is -2.32. The predicted molar refractivity (Wildman–Crippen MR) is 106 cm³/mol. The van der Waals surface area contributed by atoms with Crippen LogP contribution >= 0.6 is 11.3 Å². The van der Waals surface area contributed by atoms with Crippen molar-refractivity contribution in [1.29, 1.82) is 0 Å². The fourth-order valence-electron chi connectivity index (χ4n) is 3.81. The number of rotatable bonds is 4. The Labute approximate surface area is 180 Å². The second kappa shape index (κ2) is 9.79. The fraction of sp³-hybridized carbons (Fsp3) is 0.526. The molecule has 0 aliphatic carbocycles. The molecule has 0 aromatic carbocycles. The topological polar surface area (TPSA) is 96.7 Å². The molecule has 170 valence electrons. The van der Waals surface area contributed by atoms with E-state index in [2.05, 4.69) is 15.2 Å². The molecule has 2 aromatic heterocycles. The van der Waals surface area contributed by atoms with Gasteiger partial charge >= 0.3 is 12.1 Å². The quantitative estimate of drug-likeness (QED) is 0.727. The van der Waals surface area contributed by atoms with E-state index in [4.69, 9.17) is 14.6 Å². The van der Waals surface area contributed by atoms with Crippen LogP contribution in [0.4, 0.5) is 13.2 Å². The van der Waals surface area contributed by atoms with Crippen LogP contribution in [0, 0.1) is 0 Å². The molecule has 2 N–H and O–H groups in total. The number of hydrogen-bond donors (Lipinski definition) is 2. The van der Waals surface area contributed by atoms with Gasteiger partial charge in [-0.2, -0.15) is 13.2 Å². The summed E-state index contributed by atoms with van der Waals surface area (Å²) in [5.74, 6) is -2.79. The van der Waals surface area contributed by atoms with Crippen LogP contribution in [0.25, 0.3) is 0 Å². The number of nitrogens with one attached hydrogen (secondary N) is 1. The number of carbonyl (C=O) groups excluding carboxylic acids is 1. The lowest BCUT2D eigenvalue weighted by molar-refractivity contribution is -0.192. The van der Waals surface area contributed by atoms with Crippen LogP contribution in [0.2, 0.25) is 0 Å². The minimum absolute atomic E-state index is 0.0256. The Bertz CT molecular complexity index is 887. The molecule has 2 aromatic rings. The standard InChI is InChI=1S/C17H22N4O2S.C2HF3O2/c1-20-7-2-4-14(20)17(22)19-12-10-21(11-15-18-6-9-24-15)13-5-3-8-23-16(12)13;3-2(4,5)1(6)7/h2,4,6-7,9,12-13,16H,3,5,8,10-11H2,1H3,(H,19,22);(H,6,7)/t12-,13-,16-;/m1./s1. The molecule has 4 rings (SSSR count). The minimum Gasteiger partial charge on any atom is -0.475 e. The molecule has 0 bridgehead atoms. The summed E-state index contributed by atoms with van der Waals surface area (Å²) in [6, 6.07) is 4.12. The van der Waals surface area contributed by atoms with Gasteiger partial charge in [0.2, 0.25) is 0 Å². The van der Waals surface area contributed by atoms with E-state index in [-0.39, 0.29) is 18.1 Å². The van der Waals surface area contributed by atoms with Crippen LogP contribution in [0.1, 0.15) is 28.3 Å². The second-order valence-corrected chi connectivity index (χ2v) is 8.27. The number of fused-ring (bicyclic) bond motifs is 1. The Morgan fingerprint density at radius 1 is 1.42 bits per heavy atom. The van der Waals surface area contributed by atoms with E-state index in [1.54, 1.807) is 11.3 Å². The van der Waals surface area contributed by atoms with Crippen molar-refractivity contribution in [3.63, 3.8) is 0 Å². The first kappa shape index (κ1) is 23.2. The second-order valence-electron chi connectivity index (χ2n) is 7.29. The van der Waals surface area contributed by atoms with Gasteiger partial charge in [-0.25, -0.2) is 9.78 Å². The van der Waals surface area contributed by atoms with Gasteiger partial charge in [-0.3, -0.25) is 9.69 Å². The molecule has 31 heavy (non-hydrogen) atoms. The van der Waals surface area contributed by atoms with E-state index >= 15 is 0 Å². The van der Waals surface area contributed by atoms with Crippen molar-refractivity contribution in [1.82, 2.24) is 19.8 Å². The number of nitrogens with zero attached hydrogens (tertiary/aromatic N) is 3. The summed E-state index contributed by atoms with van der Waals surface area (Å²) in [6.45, 7) is 2.42. The third kappa shape index (κ3) is 5.83. The lowest BCUT2D eigenvalue weighted by atomic mass is 10.0. The van der Waals surface area contributed by atoms with Gasteiger partial charge in [0.25, 0.3) is 5.91 Å². The number of likely N-dealkylation sites (tertiary alicyclic amines) is 1. The highest BCUT2D eigenvalue weighted by Crippen LogP contribution is 2.30. The first-order chi connectivity index (χ1) is 14.7. The molecule has 8 nitrogen and oxygen atoms in total. The number of alkyl halides is 3. The van der Waals surface area contributed by atoms with E-state index in [9.17, 15) is 18.0 Å². The lowest BCUT2D eigenvalue weighted by Crippen LogP contribution is -2.47. The maximum Gasteiger partial charge on any atom is 0.490 e. The Morgan fingerprint density at radius 3 is 2.74 bits per heavy atom. The predicted octanol–water partition coefficient (Wildman–Crippen LogP) is 2.28. The van der Waals surface area contributed by atoms with Gasteiger partial charge in [0, 0.05) is 44.0 Å². The van der Waals surface area contributed by atoms with Crippen molar-refractivity contribution < 1.29 is 32.6 Å². The van der Waals surface area contributed by atoms with Gasteiger partial charge in [-0.1, -0.05) is 0 Å². The number of ether oxygens (including phenoxy) is 1. The number of carboxylic acids is 1. The summed E-state index contributed by atoms with van der Waals surface area (Å²) in [5, 5.41) is 13.4. The minimum atomic E-state index is -5.08. The Balaban J connectivity index is 0.000000339. The number of carboxylic acid groups (broad SMARTS) is 1. The number of hydrogen-bond acceptors (Lipinski definition) is 6. The molecule has 1 amide bonds. The first-order valence-corrected chi connectivity index (χ1v) is 10.5. The molecule has 12 heteroatoms. The zero-order valence-corrected chi connectivity index (χ0v) is 17.5. The van der Waals surface area contributed by atoms with E-state index in [1.807, 2.05) is 41.5 Å². The maximum absolute atomic E-state index is 12.6. The molecule has 0 unspecified atom stereocenters. The molecule has 2 aliphatic rings. The molecular weight excluding hydrogens is 437 g/mol. The molecule has 4 heterocycles. The van der Waals surface area contributed by atoms with Crippen LogP contribution in [-0.4, -0.2) is 68.9 Å². The highest BCUT2D eigenvalue weighted by molar-refractivity contribution is 7.09. The SMILES string of the molecule is Cn1cccc1C(=O)N[C@@H]1CN(Cc2nccs2)[C@@H]2CCCO[C@@H]21.O=C(O)C(F)(F)F. The molecule has 2 fully saturated rings. The Morgan fingerprint density at radius 2 is 2.16 bits per heavy atom. The highest BCUT2D eigenvalue weighted by atomic mass is 32.1. The molecule has 3 atom stereocenters. The largest absolute Gasteiger partial charge is 0.490 e. The van der Waals surface area contributed by atoms with Crippen molar-refractivity contribution in [3.05, 3.63) is 40.6 Å². The van der Waals surface area contributed by atoms with Crippen LogP contribution in [0.5, 0.6) is 0 Å². The van der Waals surface area contributed by atoms with E-state index in [0.717, 1.165) is 37.5 Å². The van der Waals surface area contributed by atoms with Gasteiger partial charge in [-0.05, 0) is 25.0 Å². The van der Waals surface area contributed by atoms with Gasteiger partial charge in [0.15, 0.2) is 0 Å². The summed E-state index contributed by atoms with van der Waals surface area (Å²) < 4.78 is 39.6. The average Bonchev–Trinajstić information content (AvgIpc) is 3.44. The van der Waals surface area contributed by atoms with E-state index < -0.39 is 12.1 Å². The first-order valence-electron chi connectivity index (χ1n) is 9.63. The van der Waals surface area contributed by atoms with Gasteiger partial charge in [-0.15, -0.1) is 11.3 Å². The van der Waals surface area contributed by atoms with E-state index in [1.165, 1.54) is 0 Å². The molecule has 0 spiro atoms. The zero-order valence-electron chi connectivity index (χ0n) is 16.7. The van der Waals surface area contributed by atoms with Crippen LogP contribution in [0.3, 0.4) is 0 Å². The summed E-state index contributed by atoms with van der Waals surface area (Å²) in [4.78, 5) is 28.3. The van der Waals surface area contributed by atoms with Gasteiger partial charge in [0.1, 0.15) is 10.7 Å². The monoisotopic (exact) mass is 460 g/mol. The molecule has 0 saturated carbocycles. The van der Waals surface area contributed by atoms with Crippen molar-refractivity contribution in [2.24, 2.45) is 7.05 Å². The summed E-state index contributed by atoms with van der Waals surface area (Å²) >= 11 is 1.68. The van der Waals surface area contributed by atoms with Crippen molar-refractivity contribution >= 4 is 23.2 Å². The number of carbonyl (C=O) groups is 2.